The maximum atomic E-state index is 12.4. The molecular weight excluding hydrogens is 429 g/mol. The van der Waals surface area contributed by atoms with Crippen LogP contribution in [0.2, 0.25) is 0 Å². The molecule has 116 valence electrons. The zero-order valence-electron chi connectivity index (χ0n) is 11.9. The Labute approximate surface area is 150 Å². The number of allylic oxidation sites excluding steroid dienone is 1. The molecule has 3 rings (SSSR count). The van der Waals surface area contributed by atoms with Crippen molar-refractivity contribution >= 4 is 51.9 Å². The van der Waals surface area contributed by atoms with E-state index in [1.807, 2.05) is 40.8 Å². The van der Waals surface area contributed by atoms with E-state index >= 15 is 0 Å². The summed E-state index contributed by atoms with van der Waals surface area (Å²) in [7, 11) is 1.40. The number of fused-ring (bicyclic) bond motifs is 1. The number of hydrogen-bond acceptors (Lipinski definition) is 5. The summed E-state index contributed by atoms with van der Waals surface area (Å²) in [6.07, 6.45) is 1.68. The maximum Gasteiger partial charge on any atom is 0.312 e. The number of nitro benzene ring substituents is 1. The smallest absolute Gasteiger partial charge is 0.312 e. The second kappa shape index (κ2) is 6.32. The van der Waals surface area contributed by atoms with Crippen molar-refractivity contribution in [3.05, 3.63) is 66.1 Å². The molecule has 1 aliphatic heterocycles. The van der Waals surface area contributed by atoms with Crippen LogP contribution in [0.5, 0.6) is 5.75 Å². The van der Waals surface area contributed by atoms with Crippen molar-refractivity contribution in [3.8, 4) is 5.75 Å². The van der Waals surface area contributed by atoms with Crippen molar-refractivity contribution in [1.29, 1.82) is 0 Å². The van der Waals surface area contributed by atoms with Crippen LogP contribution in [0.3, 0.4) is 0 Å². The molecule has 0 fully saturated rings. The van der Waals surface area contributed by atoms with Crippen molar-refractivity contribution in [2.24, 2.45) is 0 Å². The third kappa shape index (κ3) is 2.98. The minimum absolute atomic E-state index is 0.0564. The van der Waals surface area contributed by atoms with Crippen molar-refractivity contribution in [2.45, 2.75) is 4.90 Å². The van der Waals surface area contributed by atoms with Gasteiger partial charge in [-0.15, -0.1) is 0 Å². The summed E-state index contributed by atoms with van der Waals surface area (Å²) in [5.74, 6) is 0.172. The van der Waals surface area contributed by atoms with E-state index < -0.39 is 4.92 Å². The lowest BCUT2D eigenvalue weighted by molar-refractivity contribution is -0.385. The summed E-state index contributed by atoms with van der Waals surface area (Å²) in [5, 5.41) is 11.2. The summed E-state index contributed by atoms with van der Waals surface area (Å²) < 4.78 is 5.72. The van der Waals surface area contributed by atoms with E-state index in [4.69, 9.17) is 4.74 Å². The molecule has 2 aromatic rings. The summed E-state index contributed by atoms with van der Waals surface area (Å²) in [6.45, 7) is 0. The highest BCUT2D eigenvalue weighted by Gasteiger charge is 2.26. The Balaban J connectivity index is 2.05. The van der Waals surface area contributed by atoms with Crippen LogP contribution in [0.25, 0.3) is 6.08 Å². The number of methoxy groups -OCH3 is 1. The number of nitrogens with zero attached hydrogens (tertiary/aromatic N) is 1. The largest absolute Gasteiger partial charge is 0.489 e. The SMILES string of the molecule is COc1c(I)cc(C=C2Sc3ccccc3C2=O)cc1[N+](=O)[O-]. The number of carbonyl (C=O) groups is 1. The standard InChI is InChI=1S/C16H10INO4S/c1-22-16-11(17)6-9(7-12(16)18(20)21)8-14-15(19)10-4-2-3-5-13(10)23-14/h2-8H,1H3. The zero-order chi connectivity index (χ0) is 16.6. The molecule has 0 saturated heterocycles. The van der Waals surface area contributed by atoms with Crippen LogP contribution >= 0.6 is 34.4 Å². The number of carbonyl (C=O) groups excluding carboxylic acids is 1. The molecule has 2 aromatic carbocycles. The number of halogens is 1. The zero-order valence-corrected chi connectivity index (χ0v) is 14.9. The molecule has 0 bridgehead atoms. The highest BCUT2D eigenvalue weighted by Crippen LogP contribution is 2.41. The lowest BCUT2D eigenvalue weighted by Crippen LogP contribution is -1.98. The first-order valence-electron chi connectivity index (χ1n) is 6.56. The minimum atomic E-state index is -0.485. The van der Waals surface area contributed by atoms with E-state index in [0.29, 0.717) is 19.6 Å². The number of nitro groups is 1. The van der Waals surface area contributed by atoms with E-state index in [9.17, 15) is 14.9 Å². The van der Waals surface area contributed by atoms with Gasteiger partial charge in [0.2, 0.25) is 11.5 Å². The van der Waals surface area contributed by atoms with E-state index in [2.05, 4.69) is 0 Å². The second-order valence-corrected chi connectivity index (χ2v) is 6.99. The Bertz CT molecular complexity index is 863. The van der Waals surface area contributed by atoms with E-state index in [1.54, 1.807) is 18.2 Å². The van der Waals surface area contributed by atoms with E-state index in [0.717, 1.165) is 4.90 Å². The number of ether oxygens (including phenoxy) is 1. The van der Waals surface area contributed by atoms with Crippen LogP contribution in [0, 0.1) is 13.7 Å². The van der Waals surface area contributed by atoms with Gasteiger partial charge in [-0.05, 0) is 52.4 Å². The maximum absolute atomic E-state index is 12.4. The van der Waals surface area contributed by atoms with Gasteiger partial charge in [0, 0.05) is 16.5 Å². The predicted octanol–water partition coefficient (Wildman–Crippen LogP) is 4.54. The van der Waals surface area contributed by atoms with Gasteiger partial charge in [-0.1, -0.05) is 23.9 Å². The minimum Gasteiger partial charge on any atom is -0.489 e. The highest BCUT2D eigenvalue weighted by molar-refractivity contribution is 14.1. The Morgan fingerprint density at radius 3 is 2.70 bits per heavy atom. The van der Waals surface area contributed by atoms with Crippen molar-refractivity contribution in [1.82, 2.24) is 0 Å². The van der Waals surface area contributed by atoms with Gasteiger partial charge in [0.15, 0.2) is 0 Å². The van der Waals surface area contributed by atoms with Gasteiger partial charge in [-0.3, -0.25) is 14.9 Å². The van der Waals surface area contributed by atoms with Gasteiger partial charge in [0.05, 0.1) is 20.5 Å². The summed E-state index contributed by atoms with van der Waals surface area (Å²) in [6, 6.07) is 10.6. The number of Topliss-reactive ketones (excluding diaryl/α,β-unsaturated/α-hetero) is 1. The summed E-state index contributed by atoms with van der Waals surface area (Å²) in [4.78, 5) is 24.5. The molecule has 1 aliphatic rings. The van der Waals surface area contributed by atoms with Gasteiger partial charge in [0.1, 0.15) is 0 Å². The van der Waals surface area contributed by atoms with Crippen LogP contribution in [-0.4, -0.2) is 17.8 Å². The van der Waals surface area contributed by atoms with Crippen LogP contribution in [0.15, 0.2) is 46.2 Å². The van der Waals surface area contributed by atoms with Crippen molar-refractivity contribution < 1.29 is 14.5 Å². The van der Waals surface area contributed by atoms with Crippen molar-refractivity contribution in [2.75, 3.05) is 7.11 Å². The molecular formula is C16H10INO4S. The van der Waals surface area contributed by atoms with E-state index in [1.165, 1.54) is 24.9 Å². The third-order valence-corrected chi connectivity index (χ3v) is 5.22. The highest BCUT2D eigenvalue weighted by atomic mass is 127. The lowest BCUT2D eigenvalue weighted by Gasteiger charge is -2.06. The van der Waals surface area contributed by atoms with Gasteiger partial charge in [-0.2, -0.15) is 0 Å². The molecule has 0 atom stereocenters. The molecule has 0 aromatic heterocycles. The van der Waals surface area contributed by atoms with Gasteiger partial charge >= 0.3 is 5.69 Å². The van der Waals surface area contributed by atoms with Crippen molar-refractivity contribution in [3.63, 3.8) is 0 Å². The molecule has 0 spiro atoms. The first kappa shape index (κ1) is 16.0. The molecule has 5 nitrogen and oxygen atoms in total. The second-order valence-electron chi connectivity index (χ2n) is 4.75. The number of hydrogen-bond donors (Lipinski definition) is 0. The number of ketones is 1. The average molecular weight is 439 g/mol. The van der Waals surface area contributed by atoms with Crippen LogP contribution in [0.4, 0.5) is 5.69 Å². The fraction of sp³-hybridized carbons (Fsp3) is 0.0625. The molecule has 0 saturated carbocycles. The molecule has 23 heavy (non-hydrogen) atoms. The Kier molecular flexibility index (Phi) is 4.40. The number of rotatable bonds is 3. The third-order valence-electron chi connectivity index (χ3n) is 3.32. The van der Waals surface area contributed by atoms with E-state index in [-0.39, 0.29) is 17.2 Å². The van der Waals surface area contributed by atoms with Gasteiger partial charge in [-0.25, -0.2) is 0 Å². The summed E-state index contributed by atoms with van der Waals surface area (Å²) >= 11 is 3.36. The first-order valence-corrected chi connectivity index (χ1v) is 8.46. The van der Waals surface area contributed by atoms with Gasteiger partial charge < -0.3 is 4.74 Å². The Hall–Kier alpha value is -1.87. The number of benzene rings is 2. The normalized spacial score (nSPS) is 14.9. The molecule has 0 aliphatic carbocycles. The fourth-order valence-electron chi connectivity index (χ4n) is 2.31. The fourth-order valence-corrected chi connectivity index (χ4v) is 4.22. The quantitative estimate of drug-likeness (QED) is 0.304. The van der Waals surface area contributed by atoms with Crippen LogP contribution in [-0.2, 0) is 0 Å². The molecule has 0 amide bonds. The first-order chi connectivity index (χ1) is 11.0. The van der Waals surface area contributed by atoms with Crippen LogP contribution in [0.1, 0.15) is 15.9 Å². The Morgan fingerprint density at radius 2 is 2.04 bits per heavy atom. The monoisotopic (exact) mass is 439 g/mol. The molecule has 0 radical (unpaired) electrons. The topological polar surface area (TPSA) is 69.4 Å². The van der Waals surface area contributed by atoms with Gasteiger partial charge in [0.25, 0.3) is 0 Å². The Morgan fingerprint density at radius 1 is 1.30 bits per heavy atom. The van der Waals surface area contributed by atoms with Crippen LogP contribution < -0.4 is 4.74 Å². The lowest BCUT2D eigenvalue weighted by atomic mass is 10.1. The average Bonchev–Trinajstić information content (AvgIpc) is 2.83. The number of thioether (sulfide) groups is 1. The molecule has 0 N–H and O–H groups in total. The molecule has 7 heteroatoms. The predicted molar refractivity (Wildman–Crippen MR) is 97.0 cm³/mol. The summed E-state index contributed by atoms with van der Waals surface area (Å²) in [5.41, 5.74) is 1.16. The molecule has 0 unspecified atom stereocenters. The molecule has 1 heterocycles.